The summed E-state index contributed by atoms with van der Waals surface area (Å²) < 4.78 is 1.09. The van der Waals surface area contributed by atoms with Crippen molar-refractivity contribution in [2.24, 2.45) is 0 Å². The zero-order valence-electron chi connectivity index (χ0n) is 10.2. The Morgan fingerprint density at radius 3 is 2.95 bits per heavy atom. The highest BCUT2D eigenvalue weighted by atomic mass is 32.1. The first-order valence-electron chi connectivity index (χ1n) is 6.00. The van der Waals surface area contributed by atoms with Gasteiger partial charge in [-0.2, -0.15) is 5.10 Å². The van der Waals surface area contributed by atoms with Gasteiger partial charge in [-0.3, -0.25) is 5.10 Å². The van der Waals surface area contributed by atoms with Gasteiger partial charge in [-0.25, -0.2) is 4.79 Å². The van der Waals surface area contributed by atoms with Crippen molar-refractivity contribution in [1.82, 2.24) is 15.2 Å². The number of fused-ring (bicyclic) bond motifs is 2. The Hall–Kier alpha value is -2.60. The summed E-state index contributed by atoms with van der Waals surface area (Å²) in [4.78, 5) is 14.3. The van der Waals surface area contributed by atoms with Gasteiger partial charge in [0, 0.05) is 10.9 Å². The Balaban J connectivity index is 1.92. The van der Waals surface area contributed by atoms with Crippen LogP contribution in [0, 0.1) is 0 Å². The number of aromatic nitrogens is 3. The summed E-state index contributed by atoms with van der Waals surface area (Å²) in [7, 11) is 0. The molecular formula is C14H9N3O2S. The first-order valence-corrected chi connectivity index (χ1v) is 6.88. The van der Waals surface area contributed by atoms with Crippen molar-refractivity contribution in [3.8, 4) is 11.4 Å². The van der Waals surface area contributed by atoms with Gasteiger partial charge in [-0.15, -0.1) is 11.3 Å². The van der Waals surface area contributed by atoms with Crippen LogP contribution in [0.5, 0.6) is 0 Å². The van der Waals surface area contributed by atoms with E-state index in [0.29, 0.717) is 0 Å². The molecule has 0 spiro atoms. The predicted octanol–water partition coefficient (Wildman–Crippen LogP) is 3.47. The maximum atomic E-state index is 11.0. The van der Waals surface area contributed by atoms with Gasteiger partial charge in [0.25, 0.3) is 0 Å². The molecule has 0 amide bonds. The number of carbonyl (C=O) groups is 1. The summed E-state index contributed by atoms with van der Waals surface area (Å²) >= 11 is 1.63. The summed E-state index contributed by atoms with van der Waals surface area (Å²) in [5.74, 6) is -0.921. The van der Waals surface area contributed by atoms with E-state index in [1.54, 1.807) is 29.5 Å². The molecule has 6 heteroatoms. The molecule has 3 N–H and O–H groups in total. The van der Waals surface area contributed by atoms with E-state index in [4.69, 9.17) is 5.11 Å². The lowest BCUT2D eigenvalue weighted by molar-refractivity contribution is 0.0697. The standard InChI is InChI=1S/C14H9N3O2S/c18-14(19)7-1-2-9-8(5-7)6-11(15-9)12-13-10(16-17-12)3-4-20-13/h1-6,15H,(H,16,17)(H,18,19). The van der Waals surface area contributed by atoms with Crippen LogP contribution in [-0.2, 0) is 0 Å². The molecule has 0 unspecified atom stereocenters. The fraction of sp³-hybridized carbons (Fsp3) is 0. The summed E-state index contributed by atoms with van der Waals surface area (Å²) in [6.07, 6.45) is 0. The Morgan fingerprint density at radius 1 is 1.20 bits per heavy atom. The van der Waals surface area contributed by atoms with Crippen molar-refractivity contribution in [3.05, 3.63) is 41.3 Å². The van der Waals surface area contributed by atoms with Gasteiger partial charge in [-0.05, 0) is 35.7 Å². The minimum atomic E-state index is -0.921. The van der Waals surface area contributed by atoms with E-state index >= 15 is 0 Å². The second-order valence-corrected chi connectivity index (χ2v) is 5.44. The number of hydrogen-bond donors (Lipinski definition) is 3. The van der Waals surface area contributed by atoms with Gasteiger partial charge in [-0.1, -0.05) is 0 Å². The maximum absolute atomic E-state index is 11.0. The highest BCUT2D eigenvalue weighted by Crippen LogP contribution is 2.31. The number of H-pyrrole nitrogens is 2. The van der Waals surface area contributed by atoms with Crippen LogP contribution in [0.1, 0.15) is 10.4 Å². The Labute approximate surface area is 116 Å². The molecule has 1 aromatic carbocycles. The topological polar surface area (TPSA) is 81.8 Å². The molecule has 0 atom stereocenters. The minimum absolute atomic E-state index is 0.284. The molecule has 3 heterocycles. The Bertz CT molecular complexity index is 948. The summed E-state index contributed by atoms with van der Waals surface area (Å²) in [6.45, 7) is 0. The molecular weight excluding hydrogens is 274 g/mol. The summed E-state index contributed by atoms with van der Waals surface area (Å²) in [5, 5.41) is 19.2. The molecule has 0 bridgehead atoms. The van der Waals surface area contributed by atoms with Crippen LogP contribution in [0.25, 0.3) is 32.5 Å². The number of hydrogen-bond acceptors (Lipinski definition) is 3. The number of rotatable bonds is 2. The van der Waals surface area contributed by atoms with E-state index in [0.717, 1.165) is 32.5 Å². The lowest BCUT2D eigenvalue weighted by atomic mass is 10.1. The smallest absolute Gasteiger partial charge is 0.335 e. The zero-order chi connectivity index (χ0) is 13.7. The molecule has 0 saturated carbocycles. The molecule has 0 aliphatic heterocycles. The van der Waals surface area contributed by atoms with Crippen molar-refractivity contribution in [2.45, 2.75) is 0 Å². The molecule has 4 rings (SSSR count). The fourth-order valence-corrected chi connectivity index (χ4v) is 3.17. The highest BCUT2D eigenvalue weighted by molar-refractivity contribution is 7.17. The first-order chi connectivity index (χ1) is 9.72. The summed E-state index contributed by atoms with van der Waals surface area (Å²) in [5.41, 5.74) is 3.94. The quantitative estimate of drug-likeness (QED) is 0.527. The Kier molecular flexibility index (Phi) is 2.22. The van der Waals surface area contributed by atoms with Gasteiger partial charge in [0.2, 0.25) is 0 Å². The normalized spacial score (nSPS) is 11.4. The lowest BCUT2D eigenvalue weighted by Gasteiger charge is -1.93. The third kappa shape index (κ3) is 1.55. The number of aromatic amines is 2. The van der Waals surface area contributed by atoms with Crippen LogP contribution < -0.4 is 0 Å². The SMILES string of the molecule is O=C(O)c1ccc2[nH]c(-c3n[nH]c4ccsc34)cc2c1. The number of carboxylic acids is 1. The van der Waals surface area contributed by atoms with Crippen LogP contribution in [0.15, 0.2) is 35.7 Å². The monoisotopic (exact) mass is 283 g/mol. The third-order valence-corrected chi connectivity index (χ3v) is 4.21. The van der Waals surface area contributed by atoms with Crippen LogP contribution in [0.3, 0.4) is 0 Å². The van der Waals surface area contributed by atoms with E-state index in [1.807, 2.05) is 17.5 Å². The molecule has 0 aliphatic carbocycles. The minimum Gasteiger partial charge on any atom is -0.478 e. The average molecular weight is 283 g/mol. The average Bonchev–Trinajstić information content (AvgIpc) is 3.11. The highest BCUT2D eigenvalue weighted by Gasteiger charge is 2.12. The number of thiophene rings is 1. The van der Waals surface area contributed by atoms with Crippen molar-refractivity contribution in [3.63, 3.8) is 0 Å². The van der Waals surface area contributed by atoms with E-state index in [2.05, 4.69) is 15.2 Å². The number of nitrogens with one attached hydrogen (secondary N) is 2. The first kappa shape index (κ1) is 11.2. The van der Waals surface area contributed by atoms with Gasteiger partial charge >= 0.3 is 5.97 Å². The van der Waals surface area contributed by atoms with Crippen LogP contribution in [0.4, 0.5) is 0 Å². The Morgan fingerprint density at radius 2 is 2.10 bits per heavy atom. The predicted molar refractivity (Wildman–Crippen MR) is 78.2 cm³/mol. The van der Waals surface area contributed by atoms with Gasteiger partial charge in [0.15, 0.2) is 0 Å². The maximum Gasteiger partial charge on any atom is 0.335 e. The van der Waals surface area contributed by atoms with Crippen molar-refractivity contribution in [1.29, 1.82) is 0 Å². The number of benzene rings is 1. The fourth-order valence-electron chi connectivity index (χ4n) is 2.32. The van der Waals surface area contributed by atoms with E-state index in [1.165, 1.54) is 0 Å². The lowest BCUT2D eigenvalue weighted by Crippen LogP contribution is -1.94. The number of carboxylic acid groups (broad SMARTS) is 1. The molecule has 3 aromatic heterocycles. The molecule has 0 radical (unpaired) electrons. The summed E-state index contributed by atoms with van der Waals surface area (Å²) in [6, 6.07) is 8.95. The second-order valence-electron chi connectivity index (χ2n) is 4.53. The molecule has 0 saturated heterocycles. The number of aromatic carboxylic acids is 1. The van der Waals surface area contributed by atoms with Gasteiger partial charge in [0.1, 0.15) is 5.69 Å². The van der Waals surface area contributed by atoms with Crippen LogP contribution in [0.2, 0.25) is 0 Å². The van der Waals surface area contributed by atoms with E-state index in [9.17, 15) is 4.79 Å². The molecule has 20 heavy (non-hydrogen) atoms. The van der Waals surface area contributed by atoms with Crippen molar-refractivity contribution < 1.29 is 9.90 Å². The molecule has 0 fully saturated rings. The zero-order valence-corrected chi connectivity index (χ0v) is 11.0. The third-order valence-electron chi connectivity index (χ3n) is 3.29. The molecule has 4 aromatic rings. The van der Waals surface area contributed by atoms with Gasteiger partial charge < -0.3 is 10.1 Å². The van der Waals surface area contributed by atoms with E-state index < -0.39 is 5.97 Å². The largest absolute Gasteiger partial charge is 0.478 e. The van der Waals surface area contributed by atoms with Crippen LogP contribution >= 0.6 is 11.3 Å². The molecule has 98 valence electrons. The van der Waals surface area contributed by atoms with Crippen molar-refractivity contribution >= 4 is 38.4 Å². The molecule has 0 aliphatic rings. The van der Waals surface area contributed by atoms with Gasteiger partial charge in [0.05, 0.1) is 21.5 Å². The van der Waals surface area contributed by atoms with E-state index in [-0.39, 0.29) is 5.56 Å². The second kappa shape index (κ2) is 3.94. The number of nitrogens with zero attached hydrogens (tertiary/aromatic N) is 1. The molecule has 5 nitrogen and oxygen atoms in total. The van der Waals surface area contributed by atoms with Crippen molar-refractivity contribution in [2.75, 3.05) is 0 Å². The van der Waals surface area contributed by atoms with Crippen LogP contribution in [-0.4, -0.2) is 26.3 Å².